The van der Waals surface area contributed by atoms with Crippen LogP contribution in [0.3, 0.4) is 0 Å². The van der Waals surface area contributed by atoms with Crippen molar-refractivity contribution < 1.29 is 4.79 Å². The molecule has 3 rings (SSSR count). The maximum Gasteiger partial charge on any atom is 0.274 e. The van der Waals surface area contributed by atoms with Gasteiger partial charge in [0.1, 0.15) is 11.8 Å². The summed E-state index contributed by atoms with van der Waals surface area (Å²) in [4.78, 5) is 16.6. The van der Waals surface area contributed by atoms with E-state index in [-0.39, 0.29) is 11.4 Å². The smallest absolute Gasteiger partial charge is 0.274 e. The zero-order chi connectivity index (χ0) is 19.4. The van der Waals surface area contributed by atoms with Crippen molar-refractivity contribution in [2.75, 3.05) is 11.1 Å². The summed E-state index contributed by atoms with van der Waals surface area (Å²) in [5.41, 5.74) is 9.27. The standard InChI is InChI=1S/C19H15N7O/c1-11-6-12(8-20)9-23-18(11)19(27)26-14-2-3-16(21)15(7-14)17(22)13-4-5-24-25-10-13/h2-7,9-10,22H,21H2,1H3,(H,26,27). The molecule has 0 spiro atoms. The normalized spacial score (nSPS) is 10.1. The van der Waals surface area contributed by atoms with E-state index in [4.69, 9.17) is 16.4 Å². The van der Waals surface area contributed by atoms with Gasteiger partial charge in [-0.3, -0.25) is 10.2 Å². The van der Waals surface area contributed by atoms with Gasteiger partial charge in [-0.2, -0.15) is 15.5 Å². The molecule has 8 heteroatoms. The Morgan fingerprint density at radius 2 is 2.04 bits per heavy atom. The number of benzene rings is 1. The van der Waals surface area contributed by atoms with Crippen LogP contribution in [0.1, 0.15) is 32.7 Å². The Bertz CT molecular complexity index is 1070. The third-order valence-electron chi connectivity index (χ3n) is 3.88. The summed E-state index contributed by atoms with van der Waals surface area (Å²) in [6.07, 6.45) is 4.31. The fraction of sp³-hybridized carbons (Fsp3) is 0.0526. The highest BCUT2D eigenvalue weighted by atomic mass is 16.1. The average Bonchev–Trinajstić information content (AvgIpc) is 2.69. The van der Waals surface area contributed by atoms with Gasteiger partial charge in [0.15, 0.2) is 0 Å². The van der Waals surface area contributed by atoms with Crippen LogP contribution in [0.5, 0.6) is 0 Å². The van der Waals surface area contributed by atoms with E-state index in [0.29, 0.717) is 33.6 Å². The van der Waals surface area contributed by atoms with Crippen molar-refractivity contribution in [3.05, 3.63) is 76.9 Å². The number of hydrogen-bond donors (Lipinski definition) is 3. The molecule has 8 nitrogen and oxygen atoms in total. The molecule has 0 aliphatic carbocycles. The Morgan fingerprint density at radius 1 is 1.22 bits per heavy atom. The lowest BCUT2D eigenvalue weighted by Crippen LogP contribution is -2.16. The molecule has 0 aliphatic rings. The lowest BCUT2D eigenvalue weighted by Gasteiger charge is -2.11. The number of aromatic nitrogens is 3. The molecular weight excluding hydrogens is 342 g/mol. The zero-order valence-corrected chi connectivity index (χ0v) is 14.4. The first kappa shape index (κ1) is 17.7. The Hall–Kier alpha value is -4.12. The molecule has 0 bridgehead atoms. The maximum atomic E-state index is 12.5. The quantitative estimate of drug-likeness (QED) is 0.483. The van der Waals surface area contributed by atoms with E-state index in [9.17, 15) is 4.79 Å². The molecule has 3 aromatic rings. The summed E-state index contributed by atoms with van der Waals surface area (Å²) in [5.74, 6) is -0.412. The monoisotopic (exact) mass is 357 g/mol. The molecule has 0 aliphatic heterocycles. The van der Waals surface area contributed by atoms with Crippen LogP contribution in [0.15, 0.2) is 48.9 Å². The van der Waals surface area contributed by atoms with Crippen molar-refractivity contribution >= 4 is 23.0 Å². The van der Waals surface area contributed by atoms with Gasteiger partial charge in [-0.15, -0.1) is 0 Å². The van der Waals surface area contributed by atoms with Crippen LogP contribution in [-0.4, -0.2) is 26.8 Å². The van der Waals surface area contributed by atoms with Gasteiger partial charge in [-0.05, 0) is 42.8 Å². The van der Waals surface area contributed by atoms with Crippen molar-refractivity contribution in [3.8, 4) is 6.07 Å². The van der Waals surface area contributed by atoms with Crippen molar-refractivity contribution in [2.24, 2.45) is 0 Å². The summed E-state index contributed by atoms with van der Waals surface area (Å²) in [6, 6.07) is 10.1. The number of amides is 1. The van der Waals surface area contributed by atoms with Crippen LogP contribution in [0.2, 0.25) is 0 Å². The molecule has 4 N–H and O–H groups in total. The largest absolute Gasteiger partial charge is 0.398 e. The minimum atomic E-state index is -0.412. The van der Waals surface area contributed by atoms with E-state index < -0.39 is 5.91 Å². The van der Waals surface area contributed by atoms with Gasteiger partial charge in [-0.1, -0.05) is 0 Å². The highest BCUT2D eigenvalue weighted by Gasteiger charge is 2.14. The number of nitrogen functional groups attached to an aromatic ring is 1. The van der Waals surface area contributed by atoms with Crippen LogP contribution in [0, 0.1) is 23.7 Å². The SMILES string of the molecule is Cc1cc(C#N)cnc1C(=O)Nc1ccc(N)c(C(=N)c2ccnnc2)c1. The van der Waals surface area contributed by atoms with Crippen molar-refractivity contribution in [2.45, 2.75) is 6.92 Å². The molecular formula is C19H15N7O. The lowest BCUT2D eigenvalue weighted by molar-refractivity contribution is 0.102. The second kappa shape index (κ2) is 7.41. The molecule has 0 saturated heterocycles. The van der Waals surface area contributed by atoms with Crippen molar-refractivity contribution in [3.63, 3.8) is 0 Å². The first-order valence-corrected chi connectivity index (χ1v) is 7.93. The third-order valence-corrected chi connectivity index (χ3v) is 3.88. The van der Waals surface area contributed by atoms with E-state index >= 15 is 0 Å². The number of aryl methyl sites for hydroxylation is 1. The van der Waals surface area contributed by atoms with E-state index in [1.165, 1.54) is 18.6 Å². The number of nitrogens with zero attached hydrogens (tertiary/aromatic N) is 4. The van der Waals surface area contributed by atoms with E-state index in [1.54, 1.807) is 37.3 Å². The summed E-state index contributed by atoms with van der Waals surface area (Å²) in [6.45, 7) is 1.71. The Kier molecular flexibility index (Phi) is 4.86. The van der Waals surface area contributed by atoms with E-state index in [1.807, 2.05) is 6.07 Å². The molecule has 132 valence electrons. The minimum Gasteiger partial charge on any atom is -0.398 e. The van der Waals surface area contributed by atoms with Crippen LogP contribution in [-0.2, 0) is 0 Å². The minimum absolute atomic E-state index is 0.172. The summed E-state index contributed by atoms with van der Waals surface area (Å²) >= 11 is 0. The van der Waals surface area contributed by atoms with Crippen LogP contribution < -0.4 is 11.1 Å². The predicted octanol–water partition coefficient (Wildman–Crippen LogP) is 2.30. The summed E-state index contributed by atoms with van der Waals surface area (Å²) in [5, 5.41) is 27.4. The fourth-order valence-corrected chi connectivity index (χ4v) is 2.51. The highest BCUT2D eigenvalue weighted by Crippen LogP contribution is 2.21. The number of hydrogen-bond acceptors (Lipinski definition) is 7. The van der Waals surface area contributed by atoms with Gasteiger partial charge >= 0.3 is 0 Å². The summed E-state index contributed by atoms with van der Waals surface area (Å²) < 4.78 is 0. The molecule has 1 amide bonds. The van der Waals surface area contributed by atoms with Gasteiger partial charge in [0.25, 0.3) is 5.91 Å². The molecule has 0 atom stereocenters. The first-order valence-electron chi connectivity index (χ1n) is 7.93. The maximum absolute atomic E-state index is 12.5. The Morgan fingerprint density at radius 3 is 2.70 bits per heavy atom. The topological polar surface area (TPSA) is 141 Å². The van der Waals surface area contributed by atoms with Crippen LogP contribution in [0.25, 0.3) is 0 Å². The molecule has 2 heterocycles. The van der Waals surface area contributed by atoms with Gasteiger partial charge in [-0.25, -0.2) is 4.98 Å². The molecule has 0 fully saturated rings. The first-order chi connectivity index (χ1) is 13.0. The van der Waals surface area contributed by atoms with Crippen LogP contribution >= 0.6 is 0 Å². The predicted molar refractivity (Wildman–Crippen MR) is 100 cm³/mol. The van der Waals surface area contributed by atoms with Gasteiger partial charge in [0, 0.05) is 28.7 Å². The fourth-order valence-electron chi connectivity index (χ4n) is 2.51. The molecule has 0 unspecified atom stereocenters. The van der Waals surface area contributed by atoms with Gasteiger partial charge in [0.2, 0.25) is 0 Å². The number of pyridine rings is 1. The number of carbonyl (C=O) groups excluding carboxylic acids is 1. The van der Waals surface area contributed by atoms with Crippen molar-refractivity contribution in [1.29, 1.82) is 10.7 Å². The third kappa shape index (κ3) is 3.77. The Labute approximate surface area is 155 Å². The average molecular weight is 357 g/mol. The molecule has 2 aromatic heterocycles. The van der Waals surface area contributed by atoms with E-state index in [0.717, 1.165) is 0 Å². The number of anilines is 2. The number of rotatable bonds is 4. The number of carbonyl (C=O) groups is 1. The second-order valence-corrected chi connectivity index (χ2v) is 5.76. The summed E-state index contributed by atoms with van der Waals surface area (Å²) in [7, 11) is 0. The second-order valence-electron chi connectivity index (χ2n) is 5.76. The van der Waals surface area contributed by atoms with E-state index in [2.05, 4.69) is 20.5 Å². The highest BCUT2D eigenvalue weighted by molar-refractivity contribution is 6.14. The van der Waals surface area contributed by atoms with Gasteiger partial charge in [0.05, 0.1) is 23.7 Å². The molecule has 0 radical (unpaired) electrons. The zero-order valence-electron chi connectivity index (χ0n) is 14.4. The number of nitrogens with two attached hydrogens (primary N) is 1. The number of nitriles is 1. The lowest BCUT2D eigenvalue weighted by atomic mass is 10.0. The Balaban J connectivity index is 1.87. The van der Waals surface area contributed by atoms with Gasteiger partial charge < -0.3 is 11.1 Å². The number of nitrogens with one attached hydrogen (secondary N) is 2. The molecule has 0 saturated carbocycles. The molecule has 1 aromatic carbocycles. The molecule has 27 heavy (non-hydrogen) atoms. The van der Waals surface area contributed by atoms with Crippen LogP contribution in [0.4, 0.5) is 11.4 Å². The van der Waals surface area contributed by atoms with Crippen molar-refractivity contribution in [1.82, 2.24) is 15.2 Å².